The van der Waals surface area contributed by atoms with Gasteiger partial charge in [-0.05, 0) is 55.0 Å². The first kappa shape index (κ1) is 31.6. The molecule has 2 aromatic rings. The van der Waals surface area contributed by atoms with Gasteiger partial charge in [0.2, 0.25) is 11.7 Å². The van der Waals surface area contributed by atoms with Crippen molar-refractivity contribution >= 4 is 28.9 Å². The number of anilines is 1. The van der Waals surface area contributed by atoms with Gasteiger partial charge in [-0.3, -0.25) is 19.3 Å². The van der Waals surface area contributed by atoms with Crippen molar-refractivity contribution in [2.24, 2.45) is 17.6 Å². The third-order valence-electron chi connectivity index (χ3n) is 9.47. The molecule has 1 saturated heterocycles. The fraction of sp³-hybridized carbons (Fsp3) is 0.485. The number of aliphatic hydroxyl groups excluding tert-OH is 2. The third kappa shape index (κ3) is 5.61. The molecule has 0 bridgehead atoms. The summed E-state index contributed by atoms with van der Waals surface area (Å²) in [4.78, 5) is 45.1. The first-order chi connectivity index (χ1) is 20.9. The SMILES string of the molecule is CN1CCN(Cc2ccc(-c3cc(N(C)C)c4c(c3O)C(O)=C3C(=O)[C@](O)(C(=O)CC(N)=O)[C@H](CCO)C[C@@H]3C4)cc2)CC1. The summed E-state index contributed by atoms with van der Waals surface area (Å²) in [5.41, 5.74) is 6.21. The quantitative estimate of drug-likeness (QED) is 0.264. The number of aromatic hydroxyl groups is 1. The number of carbonyl (C=O) groups is 3. The highest BCUT2D eigenvalue weighted by molar-refractivity contribution is 6.23. The zero-order valence-electron chi connectivity index (χ0n) is 25.5. The van der Waals surface area contributed by atoms with Crippen LogP contribution in [0.2, 0.25) is 0 Å². The van der Waals surface area contributed by atoms with E-state index in [2.05, 4.69) is 16.8 Å². The van der Waals surface area contributed by atoms with Crippen LogP contribution in [0.4, 0.5) is 5.69 Å². The normalized spacial score (nSPS) is 24.2. The molecule has 3 aliphatic rings. The average Bonchev–Trinajstić information content (AvgIpc) is 2.97. The number of hydrogen-bond donors (Lipinski definition) is 5. The van der Waals surface area contributed by atoms with Crippen molar-refractivity contribution in [2.75, 3.05) is 58.8 Å². The summed E-state index contributed by atoms with van der Waals surface area (Å²) in [6.45, 7) is 4.46. The second-order valence-corrected chi connectivity index (χ2v) is 12.6. The van der Waals surface area contributed by atoms with E-state index in [-0.39, 0.29) is 42.8 Å². The predicted octanol–water partition coefficient (Wildman–Crippen LogP) is 1.46. The van der Waals surface area contributed by atoms with Gasteiger partial charge in [-0.1, -0.05) is 24.3 Å². The van der Waals surface area contributed by atoms with Crippen LogP contribution in [0.5, 0.6) is 5.75 Å². The van der Waals surface area contributed by atoms with Crippen molar-refractivity contribution < 1.29 is 34.8 Å². The minimum absolute atomic E-state index is 0.0559. The van der Waals surface area contributed by atoms with Gasteiger partial charge in [-0.15, -0.1) is 0 Å². The number of benzene rings is 2. The number of amides is 1. The zero-order valence-corrected chi connectivity index (χ0v) is 25.5. The molecule has 2 aromatic carbocycles. The van der Waals surface area contributed by atoms with Crippen molar-refractivity contribution in [3.63, 3.8) is 0 Å². The van der Waals surface area contributed by atoms with E-state index in [4.69, 9.17) is 5.73 Å². The molecule has 236 valence electrons. The largest absolute Gasteiger partial charge is 0.507 e. The maximum Gasteiger partial charge on any atom is 0.225 e. The van der Waals surface area contributed by atoms with Gasteiger partial charge in [0, 0.05) is 76.2 Å². The van der Waals surface area contributed by atoms with E-state index < -0.39 is 47.1 Å². The lowest BCUT2D eigenvalue weighted by atomic mass is 9.61. The van der Waals surface area contributed by atoms with Crippen molar-refractivity contribution in [1.29, 1.82) is 0 Å². The Hall–Kier alpha value is -3.77. The zero-order chi connectivity index (χ0) is 31.9. The van der Waals surface area contributed by atoms with E-state index in [0.29, 0.717) is 11.1 Å². The lowest BCUT2D eigenvalue weighted by Gasteiger charge is -2.44. The van der Waals surface area contributed by atoms with Gasteiger partial charge in [-0.25, -0.2) is 0 Å². The van der Waals surface area contributed by atoms with Gasteiger partial charge in [-0.2, -0.15) is 0 Å². The summed E-state index contributed by atoms with van der Waals surface area (Å²) in [5, 5.41) is 44.5. The number of ketones is 2. The van der Waals surface area contributed by atoms with Crippen LogP contribution in [0.3, 0.4) is 0 Å². The average molecular weight is 607 g/mol. The molecular formula is C33H42N4O7. The molecule has 1 heterocycles. The lowest BCUT2D eigenvalue weighted by molar-refractivity contribution is -0.159. The third-order valence-corrected chi connectivity index (χ3v) is 9.47. The maximum absolute atomic E-state index is 13.9. The highest BCUT2D eigenvalue weighted by atomic mass is 16.3. The number of phenols is 1. The van der Waals surface area contributed by atoms with E-state index in [1.54, 1.807) is 0 Å². The predicted molar refractivity (Wildman–Crippen MR) is 166 cm³/mol. The monoisotopic (exact) mass is 606 g/mol. The summed E-state index contributed by atoms with van der Waals surface area (Å²) in [5.74, 6) is -5.35. The number of fused-ring (bicyclic) bond motifs is 2. The van der Waals surface area contributed by atoms with E-state index in [9.17, 15) is 34.8 Å². The number of phenolic OH excluding ortho intramolecular Hbond substituents is 1. The lowest BCUT2D eigenvalue weighted by Crippen LogP contribution is -2.59. The Bertz CT molecular complexity index is 1490. The van der Waals surface area contributed by atoms with E-state index >= 15 is 0 Å². The van der Waals surface area contributed by atoms with Crippen LogP contribution in [-0.4, -0.2) is 107 Å². The summed E-state index contributed by atoms with van der Waals surface area (Å²) in [7, 11) is 5.83. The Morgan fingerprint density at radius 1 is 1.09 bits per heavy atom. The number of hydrogen-bond acceptors (Lipinski definition) is 10. The van der Waals surface area contributed by atoms with E-state index in [1.165, 1.54) is 0 Å². The van der Waals surface area contributed by atoms with Gasteiger partial charge in [0.15, 0.2) is 11.4 Å². The maximum atomic E-state index is 13.9. The van der Waals surface area contributed by atoms with Crippen molar-refractivity contribution in [2.45, 2.75) is 37.8 Å². The molecule has 5 rings (SSSR count). The molecule has 2 aliphatic carbocycles. The number of rotatable bonds is 9. The molecule has 6 N–H and O–H groups in total. The van der Waals surface area contributed by atoms with Gasteiger partial charge >= 0.3 is 0 Å². The van der Waals surface area contributed by atoms with Crippen LogP contribution in [0.25, 0.3) is 16.9 Å². The molecule has 1 saturated carbocycles. The van der Waals surface area contributed by atoms with Gasteiger partial charge in [0.05, 0.1) is 12.0 Å². The smallest absolute Gasteiger partial charge is 0.225 e. The molecule has 0 spiro atoms. The molecular weight excluding hydrogens is 564 g/mol. The van der Waals surface area contributed by atoms with E-state index in [0.717, 1.165) is 49.5 Å². The number of nitrogens with two attached hydrogens (primary N) is 1. The van der Waals surface area contributed by atoms with Crippen molar-refractivity contribution in [1.82, 2.24) is 9.80 Å². The standard InChI is InChI=1S/C33H42N4O7/c1-35(2)25-16-23(20-6-4-19(5-7-20)18-37-11-9-36(3)10-12-37)30(41)29-24(25)15-21-14-22(8-13-38)33(44,26(39)17-27(34)40)32(43)28(21)31(29)42/h4-7,16,21-22,38,41-42,44H,8-15,17-18H2,1-3H3,(H2,34,40)/t21-,22-,33-/m1/s1. The summed E-state index contributed by atoms with van der Waals surface area (Å²) in [6, 6.07) is 9.76. The molecule has 0 aromatic heterocycles. The van der Waals surface area contributed by atoms with Crippen LogP contribution in [0.15, 0.2) is 35.9 Å². The number of likely N-dealkylation sites (N-methyl/N-ethyl adjacent to an activating group) is 1. The number of carbonyl (C=O) groups excluding carboxylic acids is 3. The van der Waals surface area contributed by atoms with E-state index in [1.807, 2.05) is 49.3 Å². The Labute approximate surface area is 257 Å². The first-order valence-electron chi connectivity index (χ1n) is 15.1. The number of Topliss-reactive ketones (excluding diaryl/α,β-unsaturated/α-hetero) is 2. The number of primary amides is 1. The van der Waals surface area contributed by atoms with Crippen LogP contribution in [0.1, 0.15) is 36.0 Å². The van der Waals surface area contributed by atoms with Crippen molar-refractivity contribution in [3.05, 3.63) is 52.6 Å². The van der Waals surface area contributed by atoms with Gasteiger partial charge in [0.1, 0.15) is 11.5 Å². The Kier molecular flexibility index (Phi) is 8.86. The van der Waals surface area contributed by atoms with Gasteiger partial charge < -0.3 is 36.0 Å². The molecule has 1 amide bonds. The fourth-order valence-corrected chi connectivity index (χ4v) is 7.04. The summed E-state index contributed by atoms with van der Waals surface area (Å²) < 4.78 is 0. The second kappa shape index (κ2) is 12.3. The molecule has 11 nitrogen and oxygen atoms in total. The van der Waals surface area contributed by atoms with Crippen molar-refractivity contribution in [3.8, 4) is 16.9 Å². The van der Waals surface area contributed by atoms with Crippen LogP contribution < -0.4 is 10.6 Å². The second-order valence-electron chi connectivity index (χ2n) is 12.6. The summed E-state index contributed by atoms with van der Waals surface area (Å²) >= 11 is 0. The van der Waals surface area contributed by atoms with Crippen LogP contribution in [0, 0.1) is 11.8 Å². The molecule has 11 heteroatoms. The molecule has 0 unspecified atom stereocenters. The minimum Gasteiger partial charge on any atom is -0.507 e. The highest BCUT2D eigenvalue weighted by Crippen LogP contribution is 2.52. The highest BCUT2D eigenvalue weighted by Gasteiger charge is 2.57. The molecule has 1 aliphatic heterocycles. The number of aliphatic hydroxyl groups is 3. The number of nitrogens with zero attached hydrogens (tertiary/aromatic N) is 3. The Morgan fingerprint density at radius 3 is 2.34 bits per heavy atom. The molecule has 44 heavy (non-hydrogen) atoms. The Morgan fingerprint density at radius 2 is 1.75 bits per heavy atom. The van der Waals surface area contributed by atoms with Crippen LogP contribution in [-0.2, 0) is 27.3 Å². The molecule has 0 radical (unpaired) electrons. The fourth-order valence-electron chi connectivity index (χ4n) is 7.04. The first-order valence-corrected chi connectivity index (χ1v) is 15.1. The Balaban J connectivity index is 1.56. The van der Waals surface area contributed by atoms with Gasteiger partial charge in [0.25, 0.3) is 0 Å². The number of piperazine rings is 1. The minimum atomic E-state index is -2.63. The molecule has 3 atom stereocenters. The summed E-state index contributed by atoms with van der Waals surface area (Å²) in [6.07, 6.45) is -0.547. The van der Waals surface area contributed by atoms with Crippen LogP contribution >= 0.6 is 0 Å². The topological polar surface area (TPSA) is 168 Å². The molecule has 2 fully saturated rings.